The van der Waals surface area contributed by atoms with Crippen LogP contribution in [0.2, 0.25) is 0 Å². The summed E-state index contributed by atoms with van der Waals surface area (Å²) in [5.41, 5.74) is 0. The van der Waals surface area contributed by atoms with Gasteiger partial charge >= 0.3 is 0 Å². The minimum Gasteiger partial charge on any atom is -0.343 e. The Bertz CT molecular complexity index is 184. The highest BCUT2D eigenvalue weighted by molar-refractivity contribution is 5.76. The summed E-state index contributed by atoms with van der Waals surface area (Å²) in [6, 6.07) is 0. The molecule has 0 spiro atoms. The Balaban J connectivity index is 2.20. The van der Waals surface area contributed by atoms with E-state index in [1.54, 1.807) is 0 Å². The van der Waals surface area contributed by atoms with E-state index in [9.17, 15) is 4.79 Å². The molecule has 0 aromatic rings. The molecule has 0 aliphatic carbocycles. The van der Waals surface area contributed by atoms with Gasteiger partial charge in [0, 0.05) is 19.5 Å². The number of hydrogen-bond acceptors (Lipinski definition) is 2. The lowest BCUT2D eigenvalue weighted by atomic mass is 9.94. The monoisotopic (exact) mass is 212 g/mol. The van der Waals surface area contributed by atoms with Crippen molar-refractivity contribution in [2.45, 2.75) is 39.5 Å². The van der Waals surface area contributed by atoms with E-state index in [0.717, 1.165) is 44.9 Å². The zero-order chi connectivity index (χ0) is 11.1. The number of nitrogens with one attached hydrogen (secondary N) is 1. The third kappa shape index (κ3) is 4.20. The van der Waals surface area contributed by atoms with Crippen LogP contribution in [-0.4, -0.2) is 37.0 Å². The van der Waals surface area contributed by atoms with E-state index in [-0.39, 0.29) is 0 Å². The molecular formula is C12H24N2O. The van der Waals surface area contributed by atoms with Crippen molar-refractivity contribution in [1.29, 1.82) is 0 Å². The fourth-order valence-electron chi connectivity index (χ4n) is 2.23. The van der Waals surface area contributed by atoms with E-state index in [1.807, 2.05) is 18.7 Å². The molecule has 1 amide bonds. The first kappa shape index (κ1) is 12.5. The summed E-state index contributed by atoms with van der Waals surface area (Å²) in [6.07, 6.45) is 4.35. The van der Waals surface area contributed by atoms with Crippen molar-refractivity contribution in [1.82, 2.24) is 10.2 Å². The molecule has 0 saturated carbocycles. The highest BCUT2D eigenvalue weighted by Crippen LogP contribution is 2.16. The molecule has 0 radical (unpaired) electrons. The summed E-state index contributed by atoms with van der Waals surface area (Å²) < 4.78 is 0. The van der Waals surface area contributed by atoms with Crippen molar-refractivity contribution in [3.8, 4) is 0 Å². The van der Waals surface area contributed by atoms with Crippen molar-refractivity contribution in [3.63, 3.8) is 0 Å². The van der Waals surface area contributed by atoms with Crippen molar-refractivity contribution in [3.05, 3.63) is 0 Å². The molecule has 0 bridgehead atoms. The number of nitrogens with zero attached hydrogens (tertiary/aromatic N) is 1. The first-order chi connectivity index (χ1) is 7.27. The number of hydrogen-bond donors (Lipinski definition) is 1. The second-order valence-electron chi connectivity index (χ2n) is 4.32. The van der Waals surface area contributed by atoms with Gasteiger partial charge < -0.3 is 10.2 Å². The van der Waals surface area contributed by atoms with E-state index in [4.69, 9.17) is 0 Å². The van der Waals surface area contributed by atoms with Crippen molar-refractivity contribution < 1.29 is 4.79 Å². The summed E-state index contributed by atoms with van der Waals surface area (Å²) in [4.78, 5) is 13.7. The molecule has 0 aromatic carbocycles. The normalized spacial score (nSPS) is 21.3. The third-order valence-corrected chi connectivity index (χ3v) is 3.28. The Hall–Kier alpha value is -0.570. The van der Waals surface area contributed by atoms with Gasteiger partial charge in [0.05, 0.1) is 0 Å². The predicted molar refractivity (Wildman–Crippen MR) is 62.8 cm³/mol. The molecule has 3 heteroatoms. The van der Waals surface area contributed by atoms with E-state index in [2.05, 4.69) is 5.32 Å². The Labute approximate surface area is 93.2 Å². The fraction of sp³-hybridized carbons (Fsp3) is 0.917. The van der Waals surface area contributed by atoms with Crippen LogP contribution < -0.4 is 5.32 Å². The van der Waals surface area contributed by atoms with Gasteiger partial charge in [0.15, 0.2) is 0 Å². The molecule has 1 saturated heterocycles. The van der Waals surface area contributed by atoms with Gasteiger partial charge in [-0.1, -0.05) is 0 Å². The average Bonchev–Trinajstić information content (AvgIpc) is 2.29. The van der Waals surface area contributed by atoms with Crippen LogP contribution in [0.3, 0.4) is 0 Å². The number of piperidine rings is 1. The number of carbonyl (C=O) groups is 1. The van der Waals surface area contributed by atoms with Gasteiger partial charge in [0.25, 0.3) is 0 Å². The first-order valence-electron chi connectivity index (χ1n) is 6.26. The quantitative estimate of drug-likeness (QED) is 0.751. The zero-order valence-corrected chi connectivity index (χ0v) is 10.1. The molecule has 1 N–H and O–H groups in total. The van der Waals surface area contributed by atoms with Crippen molar-refractivity contribution in [2.24, 2.45) is 5.92 Å². The molecule has 1 rings (SSSR count). The Morgan fingerprint density at radius 2 is 2.13 bits per heavy atom. The average molecular weight is 212 g/mol. The highest BCUT2D eigenvalue weighted by atomic mass is 16.2. The van der Waals surface area contributed by atoms with Crippen molar-refractivity contribution >= 4 is 5.91 Å². The Morgan fingerprint density at radius 3 is 2.67 bits per heavy atom. The summed E-state index contributed by atoms with van der Waals surface area (Å²) in [6.45, 7) is 8.04. The summed E-state index contributed by atoms with van der Waals surface area (Å²) in [7, 11) is 0. The second kappa shape index (κ2) is 6.83. The third-order valence-electron chi connectivity index (χ3n) is 3.28. The molecule has 0 unspecified atom stereocenters. The maximum Gasteiger partial charge on any atom is 0.222 e. The molecule has 15 heavy (non-hydrogen) atoms. The van der Waals surface area contributed by atoms with Gasteiger partial charge in [-0.3, -0.25) is 4.79 Å². The molecule has 1 heterocycles. The van der Waals surface area contributed by atoms with E-state index in [0.29, 0.717) is 5.91 Å². The van der Waals surface area contributed by atoms with Crippen LogP contribution in [-0.2, 0) is 4.79 Å². The smallest absolute Gasteiger partial charge is 0.222 e. The van der Waals surface area contributed by atoms with Crippen LogP contribution >= 0.6 is 0 Å². The van der Waals surface area contributed by atoms with Gasteiger partial charge in [-0.05, 0) is 52.1 Å². The van der Waals surface area contributed by atoms with Crippen LogP contribution in [0, 0.1) is 5.92 Å². The number of amides is 1. The molecular weight excluding hydrogens is 188 g/mol. The maximum absolute atomic E-state index is 11.8. The topological polar surface area (TPSA) is 32.3 Å². The first-order valence-corrected chi connectivity index (χ1v) is 6.26. The lowest BCUT2D eigenvalue weighted by molar-refractivity contribution is -0.131. The Kier molecular flexibility index (Phi) is 5.69. The largest absolute Gasteiger partial charge is 0.343 e. The number of carbonyl (C=O) groups excluding carboxylic acids is 1. The van der Waals surface area contributed by atoms with Gasteiger partial charge in [-0.2, -0.15) is 0 Å². The minimum atomic E-state index is 0.325. The maximum atomic E-state index is 11.8. The Morgan fingerprint density at radius 1 is 1.40 bits per heavy atom. The molecule has 1 aliphatic rings. The van der Waals surface area contributed by atoms with E-state index in [1.165, 1.54) is 12.8 Å². The van der Waals surface area contributed by atoms with Crippen molar-refractivity contribution in [2.75, 3.05) is 26.2 Å². The number of rotatable bonds is 5. The molecule has 88 valence electrons. The second-order valence-corrected chi connectivity index (χ2v) is 4.32. The predicted octanol–water partition coefficient (Wildman–Crippen LogP) is 1.63. The van der Waals surface area contributed by atoms with Gasteiger partial charge in [0.1, 0.15) is 0 Å². The summed E-state index contributed by atoms with van der Waals surface area (Å²) in [5.74, 6) is 1.05. The zero-order valence-electron chi connectivity index (χ0n) is 10.1. The van der Waals surface area contributed by atoms with Gasteiger partial charge in [0.2, 0.25) is 5.91 Å². The van der Waals surface area contributed by atoms with Crippen LogP contribution in [0.1, 0.15) is 39.5 Å². The van der Waals surface area contributed by atoms with Crippen LogP contribution in [0.25, 0.3) is 0 Å². The molecule has 0 aromatic heterocycles. The molecule has 1 fully saturated rings. The standard InChI is InChI=1S/C12H24N2O/c1-3-14(4-2)12(15)8-7-11-6-5-9-13-10-11/h11,13H,3-10H2,1-2H3/t11-/m0/s1. The highest BCUT2D eigenvalue weighted by Gasteiger charge is 2.16. The van der Waals surface area contributed by atoms with E-state index >= 15 is 0 Å². The summed E-state index contributed by atoms with van der Waals surface area (Å²) >= 11 is 0. The van der Waals surface area contributed by atoms with Gasteiger partial charge in [-0.25, -0.2) is 0 Å². The van der Waals surface area contributed by atoms with Gasteiger partial charge in [-0.15, -0.1) is 0 Å². The minimum absolute atomic E-state index is 0.325. The lowest BCUT2D eigenvalue weighted by Crippen LogP contribution is -2.33. The molecule has 1 atom stereocenters. The molecule has 3 nitrogen and oxygen atoms in total. The fourth-order valence-corrected chi connectivity index (χ4v) is 2.23. The van der Waals surface area contributed by atoms with Crippen LogP contribution in [0.5, 0.6) is 0 Å². The molecule has 1 aliphatic heterocycles. The van der Waals surface area contributed by atoms with Crippen LogP contribution in [0.15, 0.2) is 0 Å². The lowest BCUT2D eigenvalue weighted by Gasteiger charge is -2.24. The summed E-state index contributed by atoms with van der Waals surface area (Å²) in [5, 5.41) is 3.39. The SMILES string of the molecule is CCN(CC)C(=O)CC[C@@H]1CCCNC1. The van der Waals surface area contributed by atoms with E-state index < -0.39 is 0 Å². The van der Waals surface area contributed by atoms with Crippen LogP contribution in [0.4, 0.5) is 0 Å².